The summed E-state index contributed by atoms with van der Waals surface area (Å²) in [5.74, 6) is 0.689. The molecular formula is C13H18N2O2S. The zero-order valence-corrected chi connectivity index (χ0v) is 11.5. The first-order valence-electron chi connectivity index (χ1n) is 6.04. The second-order valence-electron chi connectivity index (χ2n) is 4.98. The van der Waals surface area contributed by atoms with Gasteiger partial charge in [-0.3, -0.25) is 9.78 Å². The van der Waals surface area contributed by atoms with E-state index in [1.165, 1.54) is 11.8 Å². The highest BCUT2D eigenvalue weighted by Crippen LogP contribution is 2.29. The fourth-order valence-corrected chi connectivity index (χ4v) is 2.61. The van der Waals surface area contributed by atoms with Gasteiger partial charge in [-0.15, -0.1) is 11.8 Å². The predicted octanol–water partition coefficient (Wildman–Crippen LogP) is 1.40. The van der Waals surface area contributed by atoms with Crippen molar-refractivity contribution in [3.05, 3.63) is 24.5 Å². The van der Waals surface area contributed by atoms with Crippen LogP contribution < -0.4 is 0 Å². The minimum absolute atomic E-state index is 0.0853. The fraction of sp³-hybridized carbons (Fsp3) is 0.538. The molecule has 1 fully saturated rings. The number of likely N-dealkylation sites (tertiary alicyclic amines) is 1. The summed E-state index contributed by atoms with van der Waals surface area (Å²) in [4.78, 5) is 18.6. The monoisotopic (exact) mass is 266 g/mol. The molecule has 2 heterocycles. The lowest BCUT2D eigenvalue weighted by Crippen LogP contribution is -2.66. The Kier molecular flexibility index (Phi) is 3.92. The molecule has 0 aromatic carbocycles. The first-order valence-corrected chi connectivity index (χ1v) is 7.03. The predicted molar refractivity (Wildman–Crippen MR) is 71.3 cm³/mol. The zero-order chi connectivity index (χ0) is 13.2. The zero-order valence-electron chi connectivity index (χ0n) is 10.7. The van der Waals surface area contributed by atoms with E-state index in [2.05, 4.69) is 4.98 Å². The van der Waals surface area contributed by atoms with Crippen LogP contribution in [0.4, 0.5) is 0 Å². The number of carbonyl (C=O) groups is 1. The lowest BCUT2D eigenvalue weighted by molar-refractivity contribution is -0.161. The van der Waals surface area contributed by atoms with Crippen molar-refractivity contribution in [3.8, 4) is 0 Å². The Bertz CT molecular complexity index is 416. The third-order valence-electron chi connectivity index (χ3n) is 3.37. The van der Waals surface area contributed by atoms with Crippen molar-refractivity contribution < 1.29 is 9.90 Å². The summed E-state index contributed by atoms with van der Waals surface area (Å²) in [6, 6.07) is 3.77. The van der Waals surface area contributed by atoms with E-state index >= 15 is 0 Å². The highest BCUT2D eigenvalue weighted by molar-refractivity contribution is 8.00. The minimum Gasteiger partial charge on any atom is -0.386 e. The van der Waals surface area contributed by atoms with Crippen molar-refractivity contribution in [1.29, 1.82) is 0 Å². The smallest absolute Gasteiger partial charge is 0.233 e. The summed E-state index contributed by atoms with van der Waals surface area (Å²) >= 11 is 1.50. The van der Waals surface area contributed by atoms with E-state index in [1.807, 2.05) is 26.0 Å². The molecule has 18 heavy (non-hydrogen) atoms. The van der Waals surface area contributed by atoms with Crippen LogP contribution in [0.3, 0.4) is 0 Å². The molecule has 0 saturated carbocycles. The molecule has 0 unspecified atom stereocenters. The summed E-state index contributed by atoms with van der Waals surface area (Å²) in [5.41, 5.74) is -0.684. The van der Waals surface area contributed by atoms with Gasteiger partial charge >= 0.3 is 0 Å². The topological polar surface area (TPSA) is 53.4 Å². The number of carbonyl (C=O) groups excluding carboxylic acids is 1. The first-order chi connectivity index (χ1) is 8.51. The van der Waals surface area contributed by atoms with Gasteiger partial charge in [0.25, 0.3) is 0 Å². The van der Waals surface area contributed by atoms with Crippen LogP contribution in [0, 0.1) is 5.92 Å². The molecule has 0 bridgehead atoms. The van der Waals surface area contributed by atoms with Gasteiger partial charge in [0.2, 0.25) is 5.91 Å². The van der Waals surface area contributed by atoms with Crippen molar-refractivity contribution in [3.63, 3.8) is 0 Å². The maximum absolute atomic E-state index is 11.9. The number of aromatic nitrogens is 1. The maximum atomic E-state index is 11.9. The summed E-state index contributed by atoms with van der Waals surface area (Å²) in [5, 5.41) is 10.1. The van der Waals surface area contributed by atoms with Gasteiger partial charge < -0.3 is 10.0 Å². The van der Waals surface area contributed by atoms with E-state index in [-0.39, 0.29) is 11.8 Å². The van der Waals surface area contributed by atoms with E-state index in [0.29, 0.717) is 18.8 Å². The normalized spacial score (nSPS) is 17.7. The van der Waals surface area contributed by atoms with E-state index in [1.54, 1.807) is 17.3 Å². The third-order valence-corrected chi connectivity index (χ3v) is 4.37. The van der Waals surface area contributed by atoms with Crippen molar-refractivity contribution >= 4 is 17.7 Å². The third kappa shape index (κ3) is 2.84. The van der Waals surface area contributed by atoms with Crippen LogP contribution in [-0.4, -0.2) is 45.3 Å². The van der Waals surface area contributed by atoms with Gasteiger partial charge in [-0.2, -0.15) is 0 Å². The number of β-amino-alcohol motifs (C(OH)–C–C–N with tert-alkyl or cyclic N) is 1. The number of amides is 1. The molecule has 2 rings (SSSR count). The highest BCUT2D eigenvalue weighted by Gasteiger charge is 2.45. The van der Waals surface area contributed by atoms with Crippen LogP contribution >= 0.6 is 11.8 Å². The molecule has 0 spiro atoms. The van der Waals surface area contributed by atoms with Gasteiger partial charge in [0.15, 0.2) is 0 Å². The average Bonchev–Trinajstić information content (AvgIpc) is 2.33. The quantitative estimate of drug-likeness (QED) is 0.837. The van der Waals surface area contributed by atoms with Crippen LogP contribution in [0.2, 0.25) is 0 Å². The lowest BCUT2D eigenvalue weighted by atomic mass is 9.83. The Morgan fingerprint density at radius 3 is 2.67 bits per heavy atom. The largest absolute Gasteiger partial charge is 0.386 e. The summed E-state index contributed by atoms with van der Waals surface area (Å²) in [7, 11) is 0. The molecule has 1 amide bonds. The van der Waals surface area contributed by atoms with Gasteiger partial charge in [-0.25, -0.2) is 0 Å². The molecule has 0 aliphatic carbocycles. The fourth-order valence-electron chi connectivity index (χ4n) is 1.83. The second kappa shape index (κ2) is 5.28. The summed E-state index contributed by atoms with van der Waals surface area (Å²) in [6.45, 7) is 4.88. The van der Waals surface area contributed by atoms with Crippen molar-refractivity contribution in [2.75, 3.05) is 18.8 Å². The van der Waals surface area contributed by atoms with Gasteiger partial charge in [-0.05, 0) is 18.1 Å². The van der Waals surface area contributed by atoms with E-state index in [0.717, 1.165) is 4.90 Å². The molecule has 0 radical (unpaired) electrons. The number of hydrogen-bond acceptors (Lipinski definition) is 4. The van der Waals surface area contributed by atoms with Gasteiger partial charge in [-0.1, -0.05) is 13.8 Å². The molecular weight excluding hydrogens is 248 g/mol. The molecule has 1 N–H and O–H groups in total. The van der Waals surface area contributed by atoms with E-state index < -0.39 is 5.60 Å². The second-order valence-corrected chi connectivity index (χ2v) is 6.03. The van der Waals surface area contributed by atoms with Crippen LogP contribution in [0.5, 0.6) is 0 Å². The van der Waals surface area contributed by atoms with Crippen molar-refractivity contribution in [1.82, 2.24) is 9.88 Å². The molecule has 1 aliphatic heterocycles. The Morgan fingerprint density at radius 1 is 1.50 bits per heavy atom. The number of rotatable bonds is 4. The first kappa shape index (κ1) is 13.4. The average molecular weight is 266 g/mol. The van der Waals surface area contributed by atoms with Crippen LogP contribution in [-0.2, 0) is 4.79 Å². The van der Waals surface area contributed by atoms with E-state index in [4.69, 9.17) is 0 Å². The lowest BCUT2D eigenvalue weighted by Gasteiger charge is -2.49. The number of thioether (sulfide) groups is 1. The van der Waals surface area contributed by atoms with Gasteiger partial charge in [0.05, 0.1) is 18.8 Å². The molecule has 5 heteroatoms. The SMILES string of the molecule is CC(C)C1(O)CN(C(=O)CSc2ccncc2)C1. The van der Waals surface area contributed by atoms with E-state index in [9.17, 15) is 9.90 Å². The summed E-state index contributed by atoms with van der Waals surface area (Å²) < 4.78 is 0. The molecule has 1 saturated heterocycles. The van der Waals surface area contributed by atoms with Gasteiger partial charge in [0.1, 0.15) is 5.60 Å². The Hall–Kier alpha value is -1.07. The standard InChI is InChI=1S/C13H18N2O2S/c1-10(2)13(17)8-15(9-13)12(16)7-18-11-3-5-14-6-4-11/h3-6,10,17H,7-9H2,1-2H3. The molecule has 1 aromatic heterocycles. The van der Waals surface area contributed by atoms with Crippen LogP contribution in [0.25, 0.3) is 0 Å². The summed E-state index contributed by atoms with van der Waals surface area (Å²) in [6.07, 6.45) is 3.43. The molecule has 0 atom stereocenters. The Morgan fingerprint density at radius 2 is 2.11 bits per heavy atom. The number of hydrogen-bond donors (Lipinski definition) is 1. The Labute approximate surface area is 111 Å². The number of pyridine rings is 1. The number of nitrogens with zero attached hydrogens (tertiary/aromatic N) is 2. The van der Waals surface area contributed by atoms with Crippen molar-refractivity contribution in [2.24, 2.45) is 5.92 Å². The highest BCUT2D eigenvalue weighted by atomic mass is 32.2. The molecule has 98 valence electrons. The number of aliphatic hydroxyl groups is 1. The van der Waals surface area contributed by atoms with Gasteiger partial charge in [0, 0.05) is 17.3 Å². The molecule has 1 aliphatic rings. The maximum Gasteiger partial charge on any atom is 0.233 e. The Balaban J connectivity index is 1.78. The minimum atomic E-state index is -0.684. The van der Waals surface area contributed by atoms with Crippen LogP contribution in [0.15, 0.2) is 29.4 Å². The van der Waals surface area contributed by atoms with Crippen LogP contribution in [0.1, 0.15) is 13.8 Å². The van der Waals surface area contributed by atoms with Crippen molar-refractivity contribution in [2.45, 2.75) is 24.3 Å². The molecule has 1 aromatic rings. The molecule has 4 nitrogen and oxygen atoms in total.